The van der Waals surface area contributed by atoms with Gasteiger partial charge in [-0.3, -0.25) is 9.69 Å². The second-order valence-electron chi connectivity index (χ2n) is 5.88. The van der Waals surface area contributed by atoms with Crippen LogP contribution in [-0.2, 0) is 11.3 Å². The predicted molar refractivity (Wildman–Crippen MR) is 80.6 cm³/mol. The molecule has 1 amide bonds. The quantitative estimate of drug-likeness (QED) is 0.932. The monoisotopic (exact) mass is 302 g/mol. The fourth-order valence-electron chi connectivity index (χ4n) is 3.01. The zero-order chi connectivity index (χ0) is 15.7. The number of carbonyl (C=O) groups is 1. The van der Waals surface area contributed by atoms with Gasteiger partial charge in [0.1, 0.15) is 11.5 Å². The van der Waals surface area contributed by atoms with Crippen LogP contribution in [0.3, 0.4) is 0 Å². The molecule has 1 fully saturated rings. The molecule has 1 aromatic heterocycles. The molecular formula is C16H19FN4O. The zero-order valence-electron chi connectivity index (χ0n) is 12.4. The lowest BCUT2D eigenvalue weighted by Gasteiger charge is -2.13. The minimum absolute atomic E-state index is 0.103. The van der Waals surface area contributed by atoms with Gasteiger partial charge in [-0.25, -0.2) is 9.07 Å². The molecule has 0 unspecified atom stereocenters. The molecule has 0 saturated carbocycles. The number of halogens is 1. The number of primary amides is 1. The molecule has 1 aliphatic rings. The summed E-state index contributed by atoms with van der Waals surface area (Å²) in [6.45, 7) is 4.15. The smallest absolute Gasteiger partial charge is 0.222 e. The van der Waals surface area contributed by atoms with Crippen molar-refractivity contribution in [2.45, 2.75) is 13.5 Å². The summed E-state index contributed by atoms with van der Waals surface area (Å²) in [5.74, 6) is -0.396. The molecule has 3 rings (SSSR count). The van der Waals surface area contributed by atoms with Gasteiger partial charge < -0.3 is 5.73 Å². The first-order valence-corrected chi connectivity index (χ1v) is 7.35. The number of carbonyl (C=O) groups excluding carboxylic acids is 1. The molecule has 1 saturated heterocycles. The van der Waals surface area contributed by atoms with Gasteiger partial charge in [-0.15, -0.1) is 0 Å². The van der Waals surface area contributed by atoms with E-state index in [1.165, 1.54) is 10.7 Å². The standard InChI is InChI=1S/C16H19FN4O/c1-11-8-20(10-13(11)16(18)22)9-12-6-7-21(19-12)15-5-3-2-4-14(15)17/h2-7,11,13H,8-10H2,1H3,(H2,18,22)/t11-,13-/m1/s1. The van der Waals surface area contributed by atoms with Gasteiger partial charge in [0.05, 0.1) is 11.6 Å². The number of hydrogen-bond donors (Lipinski definition) is 1. The van der Waals surface area contributed by atoms with Crippen LogP contribution in [0.2, 0.25) is 0 Å². The van der Waals surface area contributed by atoms with Crippen molar-refractivity contribution in [1.82, 2.24) is 14.7 Å². The van der Waals surface area contributed by atoms with Crippen LogP contribution in [-0.4, -0.2) is 33.7 Å². The molecule has 2 N–H and O–H groups in total. The van der Waals surface area contributed by atoms with E-state index < -0.39 is 0 Å². The van der Waals surface area contributed by atoms with Gasteiger partial charge in [0.25, 0.3) is 0 Å². The van der Waals surface area contributed by atoms with Crippen LogP contribution in [0.1, 0.15) is 12.6 Å². The lowest BCUT2D eigenvalue weighted by atomic mass is 9.98. The highest BCUT2D eigenvalue weighted by molar-refractivity contribution is 5.77. The molecule has 0 radical (unpaired) electrons. The van der Waals surface area contributed by atoms with E-state index in [4.69, 9.17) is 5.73 Å². The Labute approximate surface area is 128 Å². The van der Waals surface area contributed by atoms with E-state index in [1.807, 2.05) is 13.0 Å². The van der Waals surface area contributed by atoms with Gasteiger partial charge in [-0.1, -0.05) is 19.1 Å². The molecule has 1 aromatic carbocycles. The van der Waals surface area contributed by atoms with E-state index in [0.717, 1.165) is 12.2 Å². The first-order valence-electron chi connectivity index (χ1n) is 7.35. The second kappa shape index (κ2) is 5.88. The normalized spacial score (nSPS) is 22.1. The molecule has 1 aliphatic heterocycles. The van der Waals surface area contributed by atoms with Crippen molar-refractivity contribution in [2.24, 2.45) is 17.6 Å². The lowest BCUT2D eigenvalue weighted by Crippen LogP contribution is -2.29. The Morgan fingerprint density at radius 2 is 2.14 bits per heavy atom. The first kappa shape index (κ1) is 14.7. The van der Waals surface area contributed by atoms with E-state index in [9.17, 15) is 9.18 Å². The lowest BCUT2D eigenvalue weighted by molar-refractivity contribution is -0.122. The van der Waals surface area contributed by atoms with E-state index in [1.54, 1.807) is 24.4 Å². The summed E-state index contributed by atoms with van der Waals surface area (Å²) < 4.78 is 15.3. The Bertz CT molecular complexity index is 684. The van der Waals surface area contributed by atoms with Gasteiger partial charge in [0, 0.05) is 25.8 Å². The number of hydrogen-bond acceptors (Lipinski definition) is 3. The average molecular weight is 302 g/mol. The van der Waals surface area contributed by atoms with Crippen LogP contribution in [0.15, 0.2) is 36.5 Å². The fourth-order valence-corrected chi connectivity index (χ4v) is 3.01. The van der Waals surface area contributed by atoms with E-state index in [-0.39, 0.29) is 23.6 Å². The molecule has 5 nitrogen and oxygen atoms in total. The second-order valence-corrected chi connectivity index (χ2v) is 5.88. The van der Waals surface area contributed by atoms with Gasteiger partial charge in [-0.2, -0.15) is 5.10 Å². The van der Waals surface area contributed by atoms with Crippen molar-refractivity contribution in [3.63, 3.8) is 0 Å². The van der Waals surface area contributed by atoms with Crippen molar-refractivity contribution in [1.29, 1.82) is 0 Å². The number of nitrogens with zero attached hydrogens (tertiary/aromatic N) is 3. The topological polar surface area (TPSA) is 64.2 Å². The van der Waals surface area contributed by atoms with Crippen molar-refractivity contribution in [3.05, 3.63) is 48.0 Å². The summed E-state index contributed by atoms with van der Waals surface area (Å²) in [6, 6.07) is 8.40. The Kier molecular flexibility index (Phi) is 3.94. The van der Waals surface area contributed by atoms with E-state index in [2.05, 4.69) is 10.00 Å². The Morgan fingerprint density at radius 3 is 2.82 bits per heavy atom. The molecule has 2 aromatic rings. The molecule has 0 aliphatic carbocycles. The van der Waals surface area contributed by atoms with Gasteiger partial charge >= 0.3 is 0 Å². The van der Waals surface area contributed by atoms with Crippen LogP contribution < -0.4 is 5.73 Å². The number of benzene rings is 1. The number of nitrogens with two attached hydrogens (primary N) is 1. The third-order valence-electron chi connectivity index (χ3n) is 4.18. The number of amides is 1. The summed E-state index contributed by atoms with van der Waals surface area (Å²) in [7, 11) is 0. The third-order valence-corrected chi connectivity index (χ3v) is 4.18. The highest BCUT2D eigenvalue weighted by Gasteiger charge is 2.33. The minimum atomic E-state index is -0.305. The SMILES string of the molecule is C[C@@H]1CN(Cc2ccn(-c3ccccc3F)n2)C[C@H]1C(N)=O. The molecule has 2 atom stereocenters. The average Bonchev–Trinajstić information content (AvgIpc) is 3.07. The van der Waals surface area contributed by atoms with Crippen LogP contribution in [0.5, 0.6) is 0 Å². The molecule has 2 heterocycles. The Balaban J connectivity index is 1.71. The van der Waals surface area contributed by atoms with Crippen molar-refractivity contribution in [3.8, 4) is 5.69 Å². The van der Waals surface area contributed by atoms with E-state index >= 15 is 0 Å². The van der Waals surface area contributed by atoms with Crippen molar-refractivity contribution >= 4 is 5.91 Å². The van der Waals surface area contributed by atoms with Crippen molar-refractivity contribution in [2.75, 3.05) is 13.1 Å². The molecule has 22 heavy (non-hydrogen) atoms. The maximum Gasteiger partial charge on any atom is 0.222 e. The molecule has 116 valence electrons. The van der Waals surface area contributed by atoms with Gasteiger partial charge in [-0.05, 0) is 24.1 Å². The zero-order valence-corrected chi connectivity index (χ0v) is 12.4. The van der Waals surface area contributed by atoms with E-state index in [0.29, 0.717) is 18.8 Å². The third kappa shape index (κ3) is 2.87. The molecule has 6 heteroatoms. The van der Waals surface area contributed by atoms with Crippen LogP contribution in [0.25, 0.3) is 5.69 Å². The Morgan fingerprint density at radius 1 is 1.36 bits per heavy atom. The molecular weight excluding hydrogens is 283 g/mol. The Hall–Kier alpha value is -2.21. The summed E-state index contributed by atoms with van der Waals surface area (Å²) in [4.78, 5) is 13.5. The highest BCUT2D eigenvalue weighted by Crippen LogP contribution is 2.24. The highest BCUT2D eigenvalue weighted by atomic mass is 19.1. The fraction of sp³-hybridized carbons (Fsp3) is 0.375. The largest absolute Gasteiger partial charge is 0.369 e. The van der Waals surface area contributed by atoms with Gasteiger partial charge in [0.15, 0.2) is 0 Å². The maximum absolute atomic E-state index is 13.8. The predicted octanol–water partition coefficient (Wildman–Crippen LogP) is 1.56. The molecule has 0 spiro atoms. The summed E-state index contributed by atoms with van der Waals surface area (Å²) in [5.41, 5.74) is 6.69. The number of para-hydroxylation sites is 1. The van der Waals surface area contributed by atoms with Crippen LogP contribution in [0, 0.1) is 17.7 Å². The first-order chi connectivity index (χ1) is 10.5. The molecule has 0 bridgehead atoms. The van der Waals surface area contributed by atoms with Gasteiger partial charge in [0.2, 0.25) is 5.91 Å². The maximum atomic E-state index is 13.8. The van der Waals surface area contributed by atoms with Crippen LogP contribution in [0.4, 0.5) is 4.39 Å². The minimum Gasteiger partial charge on any atom is -0.369 e. The number of aromatic nitrogens is 2. The number of rotatable bonds is 4. The summed E-state index contributed by atoms with van der Waals surface area (Å²) in [6.07, 6.45) is 1.75. The summed E-state index contributed by atoms with van der Waals surface area (Å²) in [5, 5.41) is 4.42. The number of likely N-dealkylation sites (tertiary alicyclic amines) is 1. The van der Waals surface area contributed by atoms with Crippen LogP contribution >= 0.6 is 0 Å². The summed E-state index contributed by atoms with van der Waals surface area (Å²) >= 11 is 0. The van der Waals surface area contributed by atoms with Crippen molar-refractivity contribution < 1.29 is 9.18 Å².